The standard InChI is InChI=1S/C12H20N2O3.Na/c13-9-6-5-8-3-1-2-4-10(8)14(12(9)17)7-11(15)16;/h8-10H,1-7,13H2,(H,15,16);/q;+1/p-1/t8?,9-,10?;/m0./s1. The molecule has 18 heavy (non-hydrogen) atoms. The van der Waals surface area contributed by atoms with Gasteiger partial charge in [0.1, 0.15) is 0 Å². The minimum absolute atomic E-state index is 0. The van der Waals surface area contributed by atoms with E-state index in [-0.39, 0.29) is 48.1 Å². The van der Waals surface area contributed by atoms with Crippen molar-refractivity contribution in [3.63, 3.8) is 0 Å². The zero-order valence-corrected chi connectivity index (χ0v) is 12.9. The van der Waals surface area contributed by atoms with Gasteiger partial charge >= 0.3 is 29.6 Å². The first kappa shape index (κ1) is 16.0. The van der Waals surface area contributed by atoms with E-state index >= 15 is 0 Å². The fourth-order valence-corrected chi connectivity index (χ4v) is 3.16. The molecule has 0 aromatic heterocycles. The fourth-order valence-electron chi connectivity index (χ4n) is 3.16. The Bertz CT molecular complexity index is 324. The van der Waals surface area contributed by atoms with Gasteiger partial charge in [0.25, 0.3) is 0 Å². The third-order valence-corrected chi connectivity index (χ3v) is 4.02. The Balaban J connectivity index is 0.00000162. The molecule has 1 amide bonds. The summed E-state index contributed by atoms with van der Waals surface area (Å²) in [5.41, 5.74) is 5.79. The SMILES string of the molecule is N[C@H]1CCC2CCCCC2N(CC(=O)[O-])C1=O.[Na+]. The van der Waals surface area contributed by atoms with Gasteiger partial charge in [0.2, 0.25) is 5.91 Å². The molecule has 1 saturated heterocycles. The number of carbonyl (C=O) groups is 2. The molecule has 0 radical (unpaired) electrons. The summed E-state index contributed by atoms with van der Waals surface area (Å²) in [6.07, 6.45) is 5.81. The second-order valence-corrected chi connectivity index (χ2v) is 5.13. The molecule has 0 spiro atoms. The van der Waals surface area contributed by atoms with Crippen molar-refractivity contribution in [1.82, 2.24) is 4.90 Å². The predicted octanol–water partition coefficient (Wildman–Crippen LogP) is -3.75. The number of fused-ring (bicyclic) bond motifs is 1. The first-order chi connectivity index (χ1) is 8.09. The Morgan fingerprint density at radius 3 is 2.61 bits per heavy atom. The van der Waals surface area contributed by atoms with E-state index in [0.717, 1.165) is 25.7 Å². The summed E-state index contributed by atoms with van der Waals surface area (Å²) >= 11 is 0. The third-order valence-electron chi connectivity index (χ3n) is 4.02. The number of nitrogens with two attached hydrogens (primary N) is 1. The van der Waals surface area contributed by atoms with Crippen molar-refractivity contribution in [3.05, 3.63) is 0 Å². The number of carboxylic acids is 1. The van der Waals surface area contributed by atoms with Crippen molar-refractivity contribution >= 4 is 11.9 Å². The van der Waals surface area contributed by atoms with Crippen LogP contribution in [0.15, 0.2) is 0 Å². The van der Waals surface area contributed by atoms with E-state index in [4.69, 9.17) is 5.73 Å². The number of amides is 1. The van der Waals surface area contributed by atoms with E-state index < -0.39 is 12.0 Å². The average molecular weight is 262 g/mol. The summed E-state index contributed by atoms with van der Waals surface area (Å²) in [4.78, 5) is 24.3. The van der Waals surface area contributed by atoms with Crippen LogP contribution in [-0.4, -0.2) is 35.4 Å². The Hall–Kier alpha value is -0.100. The molecule has 2 fully saturated rings. The topological polar surface area (TPSA) is 86.5 Å². The summed E-state index contributed by atoms with van der Waals surface area (Å²) in [7, 11) is 0. The van der Waals surface area contributed by atoms with Gasteiger partial charge in [-0.3, -0.25) is 4.79 Å². The van der Waals surface area contributed by atoms with Crippen LogP contribution in [0.25, 0.3) is 0 Å². The van der Waals surface area contributed by atoms with E-state index in [9.17, 15) is 14.7 Å². The molecule has 1 saturated carbocycles. The summed E-state index contributed by atoms with van der Waals surface area (Å²) in [5, 5.41) is 10.8. The molecule has 0 bridgehead atoms. The molecule has 0 aromatic carbocycles. The molecular formula is C12H19N2NaO3. The van der Waals surface area contributed by atoms with Gasteiger partial charge in [-0.05, 0) is 31.6 Å². The Labute approximate surface area is 129 Å². The van der Waals surface area contributed by atoms with Gasteiger partial charge < -0.3 is 20.5 Å². The number of hydrogen-bond donors (Lipinski definition) is 1. The largest absolute Gasteiger partial charge is 1.00 e. The first-order valence-corrected chi connectivity index (χ1v) is 6.35. The quantitative estimate of drug-likeness (QED) is 0.518. The second-order valence-electron chi connectivity index (χ2n) is 5.13. The van der Waals surface area contributed by atoms with Crippen LogP contribution < -0.4 is 40.4 Å². The number of carboxylic acid groups (broad SMARTS) is 1. The Morgan fingerprint density at radius 1 is 1.28 bits per heavy atom. The van der Waals surface area contributed by atoms with Crippen LogP contribution in [0.1, 0.15) is 38.5 Å². The van der Waals surface area contributed by atoms with Gasteiger partial charge in [0.15, 0.2) is 0 Å². The van der Waals surface area contributed by atoms with Crippen molar-refractivity contribution in [2.45, 2.75) is 50.6 Å². The van der Waals surface area contributed by atoms with E-state index in [1.165, 1.54) is 11.3 Å². The molecule has 0 aromatic rings. The summed E-state index contributed by atoms with van der Waals surface area (Å²) in [6, 6.07) is -0.484. The van der Waals surface area contributed by atoms with Crippen LogP contribution in [-0.2, 0) is 9.59 Å². The fraction of sp³-hybridized carbons (Fsp3) is 0.833. The molecule has 3 atom stereocenters. The molecule has 2 N–H and O–H groups in total. The van der Waals surface area contributed by atoms with Crippen LogP contribution in [0.2, 0.25) is 0 Å². The smallest absolute Gasteiger partial charge is 0.548 e. The van der Waals surface area contributed by atoms with Crippen molar-refractivity contribution < 1.29 is 44.3 Å². The Kier molecular flexibility index (Phi) is 6.11. The summed E-state index contributed by atoms with van der Waals surface area (Å²) < 4.78 is 0. The minimum atomic E-state index is -1.20. The molecular weight excluding hydrogens is 243 g/mol. The molecule has 2 aliphatic rings. The molecule has 1 heterocycles. The second kappa shape index (κ2) is 6.89. The number of hydrogen-bond acceptors (Lipinski definition) is 4. The van der Waals surface area contributed by atoms with E-state index in [1.807, 2.05) is 0 Å². The van der Waals surface area contributed by atoms with Crippen LogP contribution >= 0.6 is 0 Å². The predicted molar refractivity (Wildman–Crippen MR) is 59.7 cm³/mol. The van der Waals surface area contributed by atoms with Crippen molar-refractivity contribution in [2.24, 2.45) is 11.7 Å². The van der Waals surface area contributed by atoms with Gasteiger partial charge in [-0.25, -0.2) is 0 Å². The van der Waals surface area contributed by atoms with Crippen LogP contribution in [0, 0.1) is 5.92 Å². The van der Waals surface area contributed by atoms with Crippen molar-refractivity contribution in [1.29, 1.82) is 0 Å². The molecule has 1 aliphatic heterocycles. The zero-order chi connectivity index (χ0) is 12.4. The van der Waals surface area contributed by atoms with Gasteiger partial charge in [0.05, 0.1) is 18.6 Å². The molecule has 5 nitrogen and oxygen atoms in total. The Morgan fingerprint density at radius 2 is 1.94 bits per heavy atom. The third kappa shape index (κ3) is 3.47. The summed E-state index contributed by atoms with van der Waals surface area (Å²) in [5.74, 6) is -0.999. The maximum Gasteiger partial charge on any atom is 1.00 e. The van der Waals surface area contributed by atoms with E-state index in [2.05, 4.69) is 0 Å². The van der Waals surface area contributed by atoms with Crippen LogP contribution in [0.4, 0.5) is 0 Å². The van der Waals surface area contributed by atoms with E-state index in [1.54, 1.807) is 0 Å². The first-order valence-electron chi connectivity index (χ1n) is 6.35. The van der Waals surface area contributed by atoms with Gasteiger partial charge in [0, 0.05) is 6.04 Å². The average Bonchev–Trinajstić information content (AvgIpc) is 2.42. The minimum Gasteiger partial charge on any atom is -0.548 e. The van der Waals surface area contributed by atoms with Crippen LogP contribution in [0.5, 0.6) is 0 Å². The number of aliphatic carboxylic acids is 1. The van der Waals surface area contributed by atoms with E-state index in [0.29, 0.717) is 12.3 Å². The summed E-state index contributed by atoms with van der Waals surface area (Å²) in [6.45, 7) is -0.312. The monoisotopic (exact) mass is 262 g/mol. The van der Waals surface area contributed by atoms with Gasteiger partial charge in [-0.15, -0.1) is 0 Å². The van der Waals surface area contributed by atoms with Gasteiger partial charge in [-0.1, -0.05) is 12.8 Å². The molecule has 2 rings (SSSR count). The number of rotatable bonds is 2. The number of carbonyl (C=O) groups excluding carboxylic acids is 2. The molecule has 96 valence electrons. The normalized spacial score (nSPS) is 32.2. The van der Waals surface area contributed by atoms with Crippen LogP contribution in [0.3, 0.4) is 0 Å². The number of likely N-dealkylation sites (tertiary alicyclic amines) is 1. The van der Waals surface area contributed by atoms with Gasteiger partial charge in [-0.2, -0.15) is 0 Å². The molecule has 6 heteroatoms. The van der Waals surface area contributed by atoms with Crippen molar-refractivity contribution in [2.75, 3.05) is 6.54 Å². The number of nitrogens with zero attached hydrogens (tertiary/aromatic N) is 1. The maximum atomic E-state index is 12.0. The molecule has 2 unspecified atom stereocenters. The van der Waals surface area contributed by atoms with Crippen molar-refractivity contribution in [3.8, 4) is 0 Å². The maximum absolute atomic E-state index is 12.0. The molecule has 1 aliphatic carbocycles. The zero-order valence-electron chi connectivity index (χ0n) is 10.9.